The number of amides is 2. The zero-order valence-electron chi connectivity index (χ0n) is 16.7. The topological polar surface area (TPSA) is 59.1 Å². The van der Waals surface area contributed by atoms with Crippen LogP contribution in [0.2, 0.25) is 0 Å². The number of ketones is 1. The Kier molecular flexibility index (Phi) is 5.65. The Balaban J connectivity index is 1.25. The van der Waals surface area contributed by atoms with E-state index in [2.05, 4.69) is 0 Å². The lowest BCUT2D eigenvalue weighted by Gasteiger charge is -2.47. The second-order valence-electron chi connectivity index (χ2n) is 8.38. The van der Waals surface area contributed by atoms with E-state index < -0.39 is 11.7 Å². The minimum Gasteiger partial charge on any atom is -0.490 e. The normalized spacial score (nSPS) is 26.1. The van der Waals surface area contributed by atoms with E-state index >= 15 is 0 Å². The van der Waals surface area contributed by atoms with Gasteiger partial charge in [0.1, 0.15) is 18.5 Å². The molecule has 0 spiro atoms. The summed E-state index contributed by atoms with van der Waals surface area (Å²) >= 11 is 0. The molecule has 0 aliphatic carbocycles. The highest BCUT2D eigenvalue weighted by molar-refractivity contribution is 5.81. The van der Waals surface area contributed by atoms with Gasteiger partial charge in [0, 0.05) is 44.4 Å². The number of alkyl halides is 3. The highest BCUT2D eigenvalue weighted by atomic mass is 19.4. The van der Waals surface area contributed by atoms with Gasteiger partial charge in [0.15, 0.2) is 5.78 Å². The van der Waals surface area contributed by atoms with Gasteiger partial charge in [0.2, 0.25) is 0 Å². The molecular formula is C21H25F3N2O4. The zero-order valence-corrected chi connectivity index (χ0v) is 16.7. The van der Waals surface area contributed by atoms with Crippen LogP contribution < -0.4 is 4.74 Å². The maximum Gasteiger partial charge on any atom is 0.416 e. The number of nitrogens with zero attached hydrogens (tertiary/aromatic N) is 2. The Labute approximate surface area is 172 Å². The lowest BCUT2D eigenvalue weighted by molar-refractivity contribution is -0.140. The van der Waals surface area contributed by atoms with Gasteiger partial charge < -0.3 is 19.3 Å². The summed E-state index contributed by atoms with van der Waals surface area (Å²) in [6, 6.07) is 4.60. The van der Waals surface area contributed by atoms with E-state index in [9.17, 15) is 22.8 Å². The van der Waals surface area contributed by atoms with Crippen molar-refractivity contribution in [2.24, 2.45) is 11.8 Å². The van der Waals surface area contributed by atoms with Crippen molar-refractivity contribution in [1.82, 2.24) is 9.80 Å². The van der Waals surface area contributed by atoms with Gasteiger partial charge in [-0.25, -0.2) is 4.79 Å². The molecule has 6 nitrogen and oxygen atoms in total. The summed E-state index contributed by atoms with van der Waals surface area (Å²) < 4.78 is 49.3. The predicted octanol–water partition coefficient (Wildman–Crippen LogP) is 3.20. The third-order valence-corrected chi connectivity index (χ3v) is 6.23. The van der Waals surface area contributed by atoms with Gasteiger partial charge in [0.05, 0.1) is 11.7 Å². The van der Waals surface area contributed by atoms with Crippen LogP contribution in [0.3, 0.4) is 0 Å². The fourth-order valence-electron chi connectivity index (χ4n) is 4.35. The molecule has 2 amide bonds. The van der Waals surface area contributed by atoms with Crippen molar-refractivity contribution in [1.29, 1.82) is 0 Å². The minimum atomic E-state index is -4.37. The molecule has 164 valence electrons. The highest BCUT2D eigenvalue weighted by Crippen LogP contribution is 2.32. The number of halogens is 3. The molecule has 3 aliphatic heterocycles. The third kappa shape index (κ3) is 4.40. The molecule has 3 aliphatic rings. The van der Waals surface area contributed by atoms with Crippen molar-refractivity contribution >= 4 is 11.8 Å². The van der Waals surface area contributed by atoms with E-state index in [1.54, 1.807) is 9.80 Å². The molecule has 3 fully saturated rings. The Hall–Kier alpha value is -2.29. The van der Waals surface area contributed by atoms with Crippen LogP contribution in [0.1, 0.15) is 25.3 Å². The standard InChI is InChI=1S/C21H25F3N2O4/c1-13(30-18-4-2-16(3-5-18)21(22,23)24)15-10-26(11-15)20(28)25-7-6-19-14(9-25)8-17(27)12-29-19/h2-5,13-15,19H,6-12H2,1H3/t13?,14-,19+/m1/s1. The maximum absolute atomic E-state index is 12.8. The molecule has 4 rings (SSSR count). The molecule has 0 N–H and O–H groups in total. The van der Waals surface area contributed by atoms with Crippen molar-refractivity contribution in [2.45, 2.75) is 38.1 Å². The molecule has 0 saturated carbocycles. The molecule has 1 unspecified atom stereocenters. The van der Waals surface area contributed by atoms with Gasteiger partial charge in [-0.3, -0.25) is 4.79 Å². The average Bonchev–Trinajstić information content (AvgIpc) is 2.65. The first-order chi connectivity index (χ1) is 14.2. The Morgan fingerprint density at radius 1 is 1.17 bits per heavy atom. The molecule has 1 aromatic rings. The summed E-state index contributed by atoms with van der Waals surface area (Å²) in [6.45, 7) is 4.28. The van der Waals surface area contributed by atoms with Crippen molar-refractivity contribution in [3.63, 3.8) is 0 Å². The summed E-state index contributed by atoms with van der Waals surface area (Å²) in [6.07, 6.45) is -3.32. The van der Waals surface area contributed by atoms with E-state index in [0.29, 0.717) is 38.3 Å². The first kappa shape index (κ1) is 21.0. The number of carbonyl (C=O) groups is 2. The fourth-order valence-corrected chi connectivity index (χ4v) is 4.35. The highest BCUT2D eigenvalue weighted by Gasteiger charge is 2.41. The van der Waals surface area contributed by atoms with Crippen LogP contribution >= 0.6 is 0 Å². The van der Waals surface area contributed by atoms with Crippen LogP contribution in [0.5, 0.6) is 5.75 Å². The lowest BCUT2D eigenvalue weighted by atomic mass is 9.88. The average molecular weight is 426 g/mol. The second-order valence-corrected chi connectivity index (χ2v) is 8.38. The molecule has 1 aromatic carbocycles. The van der Waals surface area contributed by atoms with Crippen LogP contribution in [-0.2, 0) is 15.7 Å². The maximum atomic E-state index is 12.8. The number of hydrogen-bond acceptors (Lipinski definition) is 4. The monoisotopic (exact) mass is 426 g/mol. The number of rotatable bonds is 3. The number of likely N-dealkylation sites (tertiary alicyclic amines) is 2. The number of hydrogen-bond donors (Lipinski definition) is 0. The van der Waals surface area contributed by atoms with E-state index in [1.165, 1.54) is 12.1 Å². The van der Waals surface area contributed by atoms with Crippen molar-refractivity contribution in [3.05, 3.63) is 29.8 Å². The largest absolute Gasteiger partial charge is 0.490 e. The number of Topliss-reactive ketones (excluding diaryl/α,β-unsaturated/α-hetero) is 1. The number of benzene rings is 1. The van der Waals surface area contributed by atoms with E-state index in [-0.39, 0.29) is 42.5 Å². The number of fused-ring (bicyclic) bond motifs is 1. The Morgan fingerprint density at radius 2 is 1.87 bits per heavy atom. The second kappa shape index (κ2) is 8.09. The lowest BCUT2D eigenvalue weighted by Crippen LogP contribution is -2.60. The van der Waals surface area contributed by atoms with E-state index in [4.69, 9.17) is 9.47 Å². The zero-order chi connectivity index (χ0) is 21.5. The summed E-state index contributed by atoms with van der Waals surface area (Å²) in [5, 5.41) is 0. The number of carbonyl (C=O) groups excluding carboxylic acids is 2. The first-order valence-electron chi connectivity index (χ1n) is 10.2. The van der Waals surface area contributed by atoms with Crippen LogP contribution in [0.4, 0.5) is 18.0 Å². The van der Waals surface area contributed by atoms with Crippen LogP contribution in [0, 0.1) is 11.8 Å². The Bertz CT molecular complexity index is 792. The van der Waals surface area contributed by atoms with Crippen LogP contribution in [0.25, 0.3) is 0 Å². The molecular weight excluding hydrogens is 401 g/mol. The van der Waals surface area contributed by atoms with Gasteiger partial charge in [-0.05, 0) is 37.6 Å². The van der Waals surface area contributed by atoms with Gasteiger partial charge in [-0.1, -0.05) is 0 Å². The fraction of sp³-hybridized carbons (Fsp3) is 0.619. The number of piperidine rings is 1. The molecule has 30 heavy (non-hydrogen) atoms. The van der Waals surface area contributed by atoms with E-state index in [1.807, 2.05) is 6.92 Å². The predicted molar refractivity (Wildman–Crippen MR) is 101 cm³/mol. The molecule has 3 saturated heterocycles. The van der Waals surface area contributed by atoms with E-state index in [0.717, 1.165) is 18.6 Å². The molecule has 0 bridgehead atoms. The molecule has 0 aromatic heterocycles. The van der Waals surface area contributed by atoms with Gasteiger partial charge in [-0.15, -0.1) is 0 Å². The van der Waals surface area contributed by atoms with Crippen molar-refractivity contribution in [3.8, 4) is 5.75 Å². The van der Waals surface area contributed by atoms with Crippen molar-refractivity contribution < 1.29 is 32.2 Å². The van der Waals surface area contributed by atoms with Gasteiger partial charge in [-0.2, -0.15) is 13.2 Å². The van der Waals surface area contributed by atoms with Gasteiger partial charge >= 0.3 is 12.2 Å². The summed E-state index contributed by atoms with van der Waals surface area (Å²) in [5.74, 6) is 0.657. The molecule has 0 radical (unpaired) electrons. The number of urea groups is 1. The van der Waals surface area contributed by atoms with Crippen LogP contribution in [-0.4, -0.2) is 66.6 Å². The smallest absolute Gasteiger partial charge is 0.416 e. The van der Waals surface area contributed by atoms with Crippen LogP contribution in [0.15, 0.2) is 24.3 Å². The SMILES string of the molecule is CC(Oc1ccc(C(F)(F)F)cc1)C1CN(C(=O)N2CC[C@@H]3OCC(=O)C[C@@H]3C2)C1. The van der Waals surface area contributed by atoms with Gasteiger partial charge in [0.25, 0.3) is 0 Å². The third-order valence-electron chi connectivity index (χ3n) is 6.23. The van der Waals surface area contributed by atoms with Crippen molar-refractivity contribution in [2.75, 3.05) is 32.8 Å². The summed E-state index contributed by atoms with van der Waals surface area (Å²) in [4.78, 5) is 27.9. The Morgan fingerprint density at radius 3 is 2.53 bits per heavy atom. The first-order valence-corrected chi connectivity index (χ1v) is 10.2. The number of ether oxygens (including phenoxy) is 2. The molecule has 9 heteroatoms. The molecule has 3 heterocycles. The minimum absolute atomic E-state index is 0.0375. The summed E-state index contributed by atoms with van der Waals surface area (Å²) in [5.41, 5.74) is -0.711. The molecule has 3 atom stereocenters. The summed E-state index contributed by atoms with van der Waals surface area (Å²) in [7, 11) is 0. The quantitative estimate of drug-likeness (QED) is 0.745.